The van der Waals surface area contributed by atoms with Crippen LogP contribution < -0.4 is 5.32 Å². The second-order valence-electron chi connectivity index (χ2n) is 16.2. The second-order valence-corrected chi connectivity index (χ2v) is 16.2. The van der Waals surface area contributed by atoms with Gasteiger partial charge in [0.25, 0.3) is 0 Å². The summed E-state index contributed by atoms with van der Waals surface area (Å²) >= 11 is 0. The Morgan fingerprint density at radius 3 is 1.49 bits per heavy atom. The van der Waals surface area contributed by atoms with Crippen LogP contribution in [0, 0.1) is 0 Å². The lowest BCUT2D eigenvalue weighted by molar-refractivity contribution is -0.151. The molecule has 3 unspecified atom stereocenters. The molecule has 0 radical (unpaired) electrons. The number of ether oxygens (including phenoxy) is 1. The number of esters is 1. The molecule has 57 heavy (non-hydrogen) atoms. The normalized spacial score (nSPS) is 13.8. The van der Waals surface area contributed by atoms with Crippen LogP contribution >= 0.6 is 0 Å². The number of nitrogens with one attached hydrogen (secondary N) is 1. The van der Waals surface area contributed by atoms with Crippen LogP contribution in [0.5, 0.6) is 0 Å². The number of allylic oxidation sites excluding steroid dienone is 10. The van der Waals surface area contributed by atoms with Gasteiger partial charge in [0, 0.05) is 6.42 Å². The first-order valence-electron chi connectivity index (χ1n) is 24.0. The van der Waals surface area contributed by atoms with Gasteiger partial charge in [0.1, 0.15) is 6.10 Å². The van der Waals surface area contributed by atoms with Crippen molar-refractivity contribution in [2.45, 2.75) is 244 Å². The van der Waals surface area contributed by atoms with Crippen molar-refractivity contribution in [3.05, 3.63) is 60.8 Å². The predicted molar refractivity (Wildman–Crippen MR) is 245 cm³/mol. The van der Waals surface area contributed by atoms with E-state index in [1.807, 2.05) is 0 Å². The van der Waals surface area contributed by atoms with E-state index in [0.717, 1.165) is 77.0 Å². The maximum atomic E-state index is 13.1. The molecule has 6 nitrogen and oxygen atoms in total. The van der Waals surface area contributed by atoms with Crippen molar-refractivity contribution in [1.82, 2.24) is 5.32 Å². The summed E-state index contributed by atoms with van der Waals surface area (Å²) in [6, 6.07) is -0.720. The largest absolute Gasteiger partial charge is 0.462 e. The first-order chi connectivity index (χ1) is 28.0. The maximum Gasteiger partial charge on any atom is 0.306 e. The Morgan fingerprint density at radius 2 is 0.930 bits per heavy atom. The average Bonchev–Trinajstić information content (AvgIpc) is 3.20. The number of unbranched alkanes of at least 4 members (excludes halogenated alkanes) is 20. The average molecular weight is 798 g/mol. The highest BCUT2D eigenvalue weighted by Crippen LogP contribution is 2.16. The third-order valence-electron chi connectivity index (χ3n) is 10.6. The van der Waals surface area contributed by atoms with E-state index in [-0.39, 0.29) is 24.9 Å². The Balaban J connectivity index is 4.73. The molecule has 0 aliphatic carbocycles. The van der Waals surface area contributed by atoms with Gasteiger partial charge in [-0.05, 0) is 83.5 Å². The van der Waals surface area contributed by atoms with Crippen LogP contribution in [0.1, 0.15) is 226 Å². The molecule has 0 aromatic carbocycles. The van der Waals surface area contributed by atoms with E-state index < -0.39 is 18.2 Å². The topological polar surface area (TPSA) is 95.9 Å². The number of hydrogen-bond donors (Lipinski definition) is 3. The van der Waals surface area contributed by atoms with E-state index in [9.17, 15) is 19.8 Å². The van der Waals surface area contributed by atoms with Gasteiger partial charge in [0.15, 0.2) is 0 Å². The predicted octanol–water partition coefficient (Wildman–Crippen LogP) is 14.1. The molecule has 0 rings (SSSR count). The molecule has 0 aromatic rings. The van der Waals surface area contributed by atoms with Gasteiger partial charge in [-0.2, -0.15) is 0 Å². The summed E-state index contributed by atoms with van der Waals surface area (Å²) in [6.45, 7) is 6.37. The van der Waals surface area contributed by atoms with Crippen molar-refractivity contribution in [3.8, 4) is 0 Å². The van der Waals surface area contributed by atoms with Crippen LogP contribution in [0.3, 0.4) is 0 Å². The number of hydrogen-bond acceptors (Lipinski definition) is 5. The fraction of sp³-hybridized carbons (Fsp3) is 0.765. The Bertz CT molecular complexity index is 1030. The first-order valence-corrected chi connectivity index (χ1v) is 24.0. The van der Waals surface area contributed by atoms with E-state index in [4.69, 9.17) is 4.74 Å². The maximum absolute atomic E-state index is 13.1. The second kappa shape index (κ2) is 44.7. The first kappa shape index (κ1) is 54.6. The number of aliphatic hydroxyl groups excluding tert-OH is 2. The SMILES string of the molecule is CCCC/C=C\CCCCCCCC(=O)OC(CCC/C=C\C/C=C\C/C=C\C/C=C\CCCCC)CC(=O)NC(CO)C(O)CCCCCCCCCCCC. The van der Waals surface area contributed by atoms with Crippen molar-refractivity contribution in [2.75, 3.05) is 6.61 Å². The highest BCUT2D eigenvalue weighted by Gasteiger charge is 2.24. The molecule has 0 bridgehead atoms. The number of carbonyl (C=O) groups excluding carboxylic acids is 2. The summed E-state index contributed by atoms with van der Waals surface area (Å²) in [6.07, 6.45) is 54.2. The van der Waals surface area contributed by atoms with Gasteiger partial charge in [0.2, 0.25) is 5.91 Å². The summed E-state index contributed by atoms with van der Waals surface area (Å²) < 4.78 is 5.88. The lowest BCUT2D eigenvalue weighted by atomic mass is 10.0. The quantitative estimate of drug-likeness (QED) is 0.0325. The Hall–Kier alpha value is -2.44. The van der Waals surface area contributed by atoms with Gasteiger partial charge in [-0.25, -0.2) is 0 Å². The molecule has 0 spiro atoms. The van der Waals surface area contributed by atoms with Gasteiger partial charge in [-0.1, -0.05) is 191 Å². The van der Waals surface area contributed by atoms with Gasteiger partial charge in [0.05, 0.1) is 25.2 Å². The third kappa shape index (κ3) is 40.1. The summed E-state index contributed by atoms with van der Waals surface area (Å²) in [5, 5.41) is 23.6. The van der Waals surface area contributed by atoms with Crippen molar-refractivity contribution in [3.63, 3.8) is 0 Å². The highest BCUT2D eigenvalue weighted by molar-refractivity contribution is 5.77. The molecule has 1 amide bonds. The molecule has 0 saturated carbocycles. The highest BCUT2D eigenvalue weighted by atomic mass is 16.5. The van der Waals surface area contributed by atoms with Crippen LogP contribution in [0.25, 0.3) is 0 Å². The van der Waals surface area contributed by atoms with Crippen LogP contribution in [0.15, 0.2) is 60.8 Å². The molecular formula is C51H91NO5. The molecular weight excluding hydrogens is 707 g/mol. The van der Waals surface area contributed by atoms with Crippen LogP contribution in [0.2, 0.25) is 0 Å². The number of carbonyl (C=O) groups is 2. The van der Waals surface area contributed by atoms with Crippen molar-refractivity contribution < 1.29 is 24.5 Å². The number of rotatable bonds is 42. The molecule has 0 saturated heterocycles. The monoisotopic (exact) mass is 798 g/mol. The van der Waals surface area contributed by atoms with Crippen LogP contribution in [0.4, 0.5) is 0 Å². The zero-order chi connectivity index (χ0) is 41.7. The zero-order valence-electron chi connectivity index (χ0n) is 37.5. The summed E-state index contributed by atoms with van der Waals surface area (Å²) in [7, 11) is 0. The van der Waals surface area contributed by atoms with Gasteiger partial charge in [-0.15, -0.1) is 0 Å². The minimum absolute atomic E-state index is 0.0353. The number of aliphatic hydroxyl groups is 2. The van der Waals surface area contributed by atoms with Gasteiger partial charge in [-0.3, -0.25) is 9.59 Å². The minimum Gasteiger partial charge on any atom is -0.462 e. The standard InChI is InChI=1S/C51H91NO5/c1-4-7-10-13-16-19-22-23-24-25-26-27-29-30-33-36-39-42-47(57-51(56)44-41-38-35-32-28-20-17-14-11-8-5-2)45-50(55)52-48(46-53)49(54)43-40-37-34-31-21-18-15-12-9-6-3/h14,16-17,19,23-24,26-27,30,33,47-49,53-54H,4-13,15,18,20-22,25,28-29,31-32,34-46H2,1-3H3,(H,52,55)/b17-14-,19-16-,24-23-,27-26-,33-30-. The molecule has 0 heterocycles. The van der Waals surface area contributed by atoms with E-state index in [2.05, 4.69) is 86.8 Å². The minimum atomic E-state index is -0.802. The van der Waals surface area contributed by atoms with Gasteiger partial charge < -0.3 is 20.3 Å². The van der Waals surface area contributed by atoms with Crippen molar-refractivity contribution >= 4 is 11.9 Å². The van der Waals surface area contributed by atoms with Crippen molar-refractivity contribution in [2.24, 2.45) is 0 Å². The molecule has 0 aliphatic heterocycles. The lowest BCUT2D eigenvalue weighted by Crippen LogP contribution is -2.46. The fourth-order valence-corrected chi connectivity index (χ4v) is 6.87. The Labute approximate surface area is 352 Å². The Kier molecular flexibility index (Phi) is 42.7. The number of amides is 1. The Morgan fingerprint density at radius 1 is 0.509 bits per heavy atom. The zero-order valence-corrected chi connectivity index (χ0v) is 37.5. The molecule has 330 valence electrons. The summed E-state index contributed by atoms with van der Waals surface area (Å²) in [5.74, 6) is -0.542. The third-order valence-corrected chi connectivity index (χ3v) is 10.6. The molecule has 0 aliphatic rings. The van der Waals surface area contributed by atoms with E-state index in [0.29, 0.717) is 19.3 Å². The lowest BCUT2D eigenvalue weighted by Gasteiger charge is -2.24. The molecule has 3 N–H and O–H groups in total. The van der Waals surface area contributed by atoms with E-state index >= 15 is 0 Å². The van der Waals surface area contributed by atoms with E-state index in [1.54, 1.807) is 0 Å². The van der Waals surface area contributed by atoms with Crippen molar-refractivity contribution in [1.29, 1.82) is 0 Å². The molecule has 6 heteroatoms. The fourth-order valence-electron chi connectivity index (χ4n) is 6.87. The van der Waals surface area contributed by atoms with E-state index in [1.165, 1.54) is 103 Å². The molecule has 3 atom stereocenters. The summed E-state index contributed by atoms with van der Waals surface area (Å²) in [4.78, 5) is 26.0. The van der Waals surface area contributed by atoms with Gasteiger partial charge >= 0.3 is 5.97 Å². The smallest absolute Gasteiger partial charge is 0.306 e. The summed E-state index contributed by atoms with van der Waals surface area (Å²) in [5.41, 5.74) is 0. The van der Waals surface area contributed by atoms with Crippen LogP contribution in [-0.4, -0.2) is 46.9 Å². The van der Waals surface area contributed by atoms with Crippen LogP contribution in [-0.2, 0) is 14.3 Å². The molecule has 0 fully saturated rings. The molecule has 0 aromatic heterocycles.